The quantitative estimate of drug-likeness (QED) is 0.551. The predicted molar refractivity (Wildman–Crippen MR) is 65.7 cm³/mol. The molecule has 0 spiro atoms. The van der Waals surface area contributed by atoms with Gasteiger partial charge in [-0.25, -0.2) is 17.6 Å². The molecule has 166 valence electrons. The summed E-state index contributed by atoms with van der Waals surface area (Å²) in [4.78, 5) is 11.2. The van der Waals surface area contributed by atoms with Crippen LogP contribution in [0.5, 0.6) is 0 Å². The summed E-state index contributed by atoms with van der Waals surface area (Å²) in [6.45, 7) is 0. The van der Waals surface area contributed by atoms with Gasteiger partial charge in [0.1, 0.15) is 0 Å². The molecule has 0 radical (unpaired) electrons. The van der Waals surface area contributed by atoms with Crippen molar-refractivity contribution >= 4 is 11.6 Å². The van der Waals surface area contributed by atoms with Gasteiger partial charge in [0.05, 0.1) is 0 Å². The van der Waals surface area contributed by atoms with Crippen LogP contribution in [0.2, 0.25) is 0 Å². The van der Waals surface area contributed by atoms with Crippen molar-refractivity contribution in [2.75, 3.05) is 5.32 Å². The maximum atomic E-state index is 13.5. The van der Waals surface area contributed by atoms with E-state index in [-0.39, 0.29) is 18.2 Å². The molecule has 1 aromatic carbocycles. The summed E-state index contributed by atoms with van der Waals surface area (Å²) >= 11 is 0. The van der Waals surface area contributed by atoms with E-state index < -0.39 is 59.3 Å². The fraction of sp³-hybridized carbons (Fsp3) is 0.462. The molecule has 0 aliphatic carbocycles. The van der Waals surface area contributed by atoms with Crippen LogP contribution in [-0.4, -0.2) is 41.9 Å². The van der Waals surface area contributed by atoms with Crippen LogP contribution in [0.25, 0.3) is 0 Å². The third-order valence-corrected chi connectivity index (χ3v) is 3.34. The molecule has 0 bridgehead atoms. The Morgan fingerprint density at radius 3 is 1.66 bits per heavy atom. The fourth-order valence-electron chi connectivity index (χ4n) is 1.67. The summed E-state index contributed by atoms with van der Waals surface area (Å²) in [6.07, 6.45) is -5.68. The second-order valence-corrected chi connectivity index (χ2v) is 5.30. The number of rotatable bonds is 7. The third kappa shape index (κ3) is 3.68. The number of hydrogen-bond acceptors (Lipinski definition) is 1. The second kappa shape index (κ2) is 7.19. The number of carbonyl (C=O) groups excluding carboxylic acids is 1. The van der Waals surface area contributed by atoms with E-state index in [0.717, 1.165) is 0 Å². The number of benzene rings is 1. The highest BCUT2D eigenvalue weighted by Crippen LogP contribution is 2.58. The maximum Gasteiger partial charge on any atom is 0.393 e. The number of halogens is 14. The summed E-state index contributed by atoms with van der Waals surface area (Å²) in [5.74, 6) is -44.4. The lowest BCUT2D eigenvalue weighted by Crippen LogP contribution is -2.70. The Kier molecular flexibility index (Phi) is 6.14. The molecule has 2 nitrogen and oxygen atoms in total. The van der Waals surface area contributed by atoms with Gasteiger partial charge in [0.15, 0.2) is 11.6 Å². The zero-order valence-corrected chi connectivity index (χ0v) is 13.0. The molecular weight excluding hydrogens is 452 g/mol. The van der Waals surface area contributed by atoms with Crippen LogP contribution in [-0.2, 0) is 4.79 Å². The predicted octanol–water partition coefficient (Wildman–Crippen LogP) is 5.34. The van der Waals surface area contributed by atoms with E-state index in [2.05, 4.69) is 0 Å². The van der Waals surface area contributed by atoms with Gasteiger partial charge in [0.2, 0.25) is 0 Å². The SMILES string of the molecule is O=C(Nc1ccc(F)c(F)c1)C(F)(F)C(F)(F)C(F)(F)C(F)(F)C(F)(F)C(F)F. The highest BCUT2D eigenvalue weighted by Gasteiger charge is 2.89. The zero-order chi connectivity index (χ0) is 23.2. The number of nitrogens with one attached hydrogen (secondary N) is 1. The van der Waals surface area contributed by atoms with E-state index in [9.17, 15) is 66.3 Å². The standard InChI is InChI=1S/C13H5F14NO/c14-5-2-1-4(3-6(5)15)28-8(29)10(20,21)12(24,25)13(26,27)11(22,23)9(18,19)7(16)17/h1-3,7H,(H,28,29). The monoisotopic (exact) mass is 457 g/mol. The van der Waals surface area contributed by atoms with E-state index in [4.69, 9.17) is 0 Å². The van der Waals surface area contributed by atoms with Crippen molar-refractivity contribution in [2.45, 2.75) is 36.0 Å². The number of hydrogen-bond donors (Lipinski definition) is 1. The van der Waals surface area contributed by atoms with E-state index in [1.54, 1.807) is 0 Å². The third-order valence-electron chi connectivity index (χ3n) is 3.34. The van der Waals surface area contributed by atoms with Crippen LogP contribution in [0.1, 0.15) is 0 Å². The second-order valence-electron chi connectivity index (χ2n) is 5.30. The molecule has 0 aromatic heterocycles. The molecule has 29 heavy (non-hydrogen) atoms. The highest BCUT2D eigenvalue weighted by atomic mass is 19.4. The van der Waals surface area contributed by atoms with Gasteiger partial charge in [0.25, 0.3) is 0 Å². The Morgan fingerprint density at radius 1 is 0.759 bits per heavy atom. The van der Waals surface area contributed by atoms with Gasteiger partial charge in [-0.2, -0.15) is 43.9 Å². The summed E-state index contributed by atoms with van der Waals surface area (Å²) in [5.41, 5.74) is -1.25. The largest absolute Gasteiger partial charge is 0.393 e. The number of anilines is 1. The molecule has 0 aliphatic heterocycles. The zero-order valence-electron chi connectivity index (χ0n) is 13.0. The fourth-order valence-corrected chi connectivity index (χ4v) is 1.67. The van der Waals surface area contributed by atoms with Crippen LogP contribution >= 0.6 is 0 Å². The first-order valence-corrected chi connectivity index (χ1v) is 6.69. The molecule has 1 amide bonds. The maximum absolute atomic E-state index is 13.5. The number of carbonyl (C=O) groups is 1. The first-order valence-electron chi connectivity index (χ1n) is 6.69. The molecule has 1 N–H and O–H groups in total. The van der Waals surface area contributed by atoms with Gasteiger partial charge in [-0.05, 0) is 12.1 Å². The van der Waals surface area contributed by atoms with Gasteiger partial charge >= 0.3 is 41.9 Å². The lowest BCUT2D eigenvalue weighted by molar-refractivity contribution is -0.406. The normalized spacial score (nSPS) is 14.3. The van der Waals surface area contributed by atoms with E-state index in [0.29, 0.717) is 5.32 Å². The van der Waals surface area contributed by atoms with Gasteiger partial charge in [-0.3, -0.25) is 4.79 Å². The van der Waals surface area contributed by atoms with E-state index in [1.165, 1.54) is 0 Å². The summed E-state index contributed by atoms with van der Waals surface area (Å²) in [7, 11) is 0. The first-order chi connectivity index (χ1) is 12.7. The van der Waals surface area contributed by atoms with Crippen LogP contribution in [0.15, 0.2) is 18.2 Å². The molecule has 0 aliphatic rings. The Morgan fingerprint density at radius 2 is 1.24 bits per heavy atom. The molecule has 1 rings (SSSR count). The van der Waals surface area contributed by atoms with Crippen molar-refractivity contribution in [3.8, 4) is 0 Å². The van der Waals surface area contributed by atoms with Crippen LogP contribution in [0.4, 0.5) is 67.2 Å². The minimum atomic E-state index is -7.88. The summed E-state index contributed by atoms with van der Waals surface area (Å²) < 4.78 is 181. The lowest BCUT2D eigenvalue weighted by Gasteiger charge is -2.38. The topological polar surface area (TPSA) is 29.1 Å². The van der Waals surface area contributed by atoms with Crippen molar-refractivity contribution in [1.82, 2.24) is 0 Å². The van der Waals surface area contributed by atoms with Crippen molar-refractivity contribution in [1.29, 1.82) is 0 Å². The number of amides is 1. The van der Waals surface area contributed by atoms with Crippen LogP contribution < -0.4 is 5.32 Å². The van der Waals surface area contributed by atoms with Crippen LogP contribution in [0.3, 0.4) is 0 Å². The van der Waals surface area contributed by atoms with Gasteiger partial charge in [0, 0.05) is 11.8 Å². The smallest absolute Gasteiger partial charge is 0.321 e. The molecule has 1 aromatic rings. The van der Waals surface area contributed by atoms with E-state index in [1.807, 2.05) is 0 Å². The summed E-state index contributed by atoms with van der Waals surface area (Å²) in [5, 5.41) is 0.652. The van der Waals surface area contributed by atoms with Crippen molar-refractivity contribution in [3.05, 3.63) is 29.8 Å². The van der Waals surface area contributed by atoms with Gasteiger partial charge < -0.3 is 5.32 Å². The Balaban J connectivity index is 3.35. The lowest BCUT2D eigenvalue weighted by atomic mass is 9.94. The minimum Gasteiger partial charge on any atom is -0.321 e. The molecule has 0 saturated heterocycles. The Labute approximate surface area is 150 Å². The van der Waals surface area contributed by atoms with Crippen molar-refractivity contribution < 1.29 is 66.3 Å². The van der Waals surface area contributed by atoms with E-state index >= 15 is 0 Å². The number of alkyl halides is 12. The molecule has 16 heteroatoms. The minimum absolute atomic E-state index is 0.112. The van der Waals surface area contributed by atoms with Crippen molar-refractivity contribution in [3.63, 3.8) is 0 Å². The summed E-state index contributed by atoms with van der Waals surface area (Å²) in [6, 6.07) is 0.286. The van der Waals surface area contributed by atoms with Crippen molar-refractivity contribution in [2.24, 2.45) is 0 Å². The Bertz CT molecular complexity index is 775. The van der Waals surface area contributed by atoms with Crippen LogP contribution in [0, 0.1) is 11.6 Å². The average molecular weight is 457 g/mol. The average Bonchev–Trinajstić information content (AvgIpc) is 2.57. The molecule has 0 heterocycles. The molecule has 0 unspecified atom stereocenters. The molecule has 0 saturated carbocycles. The van der Waals surface area contributed by atoms with Gasteiger partial charge in [-0.15, -0.1) is 0 Å². The Hall–Kier alpha value is -2.29. The first kappa shape index (κ1) is 24.7. The molecule has 0 atom stereocenters. The molecular formula is C13H5F14NO. The molecule has 0 fully saturated rings. The van der Waals surface area contributed by atoms with Gasteiger partial charge in [-0.1, -0.05) is 0 Å². The highest BCUT2D eigenvalue weighted by molar-refractivity contribution is 5.97.